The molecule has 3 rings (SSSR count). The van der Waals surface area contributed by atoms with E-state index in [-0.39, 0.29) is 5.91 Å². The van der Waals surface area contributed by atoms with Crippen LogP contribution in [0.3, 0.4) is 0 Å². The van der Waals surface area contributed by atoms with Gasteiger partial charge in [0.2, 0.25) is 0 Å². The molecular formula is C21H25N3O. The van der Waals surface area contributed by atoms with Crippen LogP contribution in [0.2, 0.25) is 0 Å². The molecule has 0 aliphatic heterocycles. The highest BCUT2D eigenvalue weighted by Gasteiger charge is 2.23. The lowest BCUT2D eigenvalue weighted by atomic mass is 10.1. The molecule has 0 saturated heterocycles. The van der Waals surface area contributed by atoms with Gasteiger partial charge in [-0.25, -0.2) is 4.98 Å². The summed E-state index contributed by atoms with van der Waals surface area (Å²) in [6.07, 6.45) is 4.05. The average Bonchev–Trinajstić information content (AvgIpc) is 2.98. The molecule has 0 aliphatic carbocycles. The molecule has 0 atom stereocenters. The highest BCUT2D eigenvalue weighted by molar-refractivity contribution is 5.99. The van der Waals surface area contributed by atoms with Crippen LogP contribution in [-0.4, -0.2) is 33.8 Å². The Morgan fingerprint density at radius 3 is 2.44 bits per heavy atom. The third-order valence-electron chi connectivity index (χ3n) is 4.49. The number of carbonyl (C=O) groups excluding carboxylic acids is 1. The first-order valence-electron chi connectivity index (χ1n) is 8.82. The fourth-order valence-electron chi connectivity index (χ4n) is 2.95. The van der Waals surface area contributed by atoms with Gasteiger partial charge in [0, 0.05) is 25.4 Å². The SMILES string of the molecule is CCCCN(C)C(=O)c1c(-c2ccc(C)cc2)nc2ccc(C)cn12. The van der Waals surface area contributed by atoms with E-state index in [1.807, 2.05) is 48.8 Å². The summed E-state index contributed by atoms with van der Waals surface area (Å²) in [5, 5.41) is 0. The van der Waals surface area contributed by atoms with E-state index in [1.54, 1.807) is 4.90 Å². The van der Waals surface area contributed by atoms with Crippen LogP contribution in [0, 0.1) is 13.8 Å². The van der Waals surface area contributed by atoms with E-state index < -0.39 is 0 Å². The van der Waals surface area contributed by atoms with Crippen LogP contribution in [0.5, 0.6) is 0 Å². The number of carbonyl (C=O) groups is 1. The predicted molar refractivity (Wildman–Crippen MR) is 102 cm³/mol. The van der Waals surface area contributed by atoms with Gasteiger partial charge >= 0.3 is 0 Å². The molecule has 4 nitrogen and oxygen atoms in total. The topological polar surface area (TPSA) is 37.6 Å². The fourth-order valence-corrected chi connectivity index (χ4v) is 2.95. The van der Waals surface area contributed by atoms with E-state index in [4.69, 9.17) is 4.98 Å². The van der Waals surface area contributed by atoms with E-state index >= 15 is 0 Å². The number of benzene rings is 1. The molecule has 0 N–H and O–H groups in total. The Bertz CT molecular complexity index is 893. The van der Waals surface area contributed by atoms with Crippen molar-refractivity contribution in [3.8, 4) is 11.3 Å². The predicted octanol–water partition coefficient (Wildman–Crippen LogP) is 4.49. The van der Waals surface area contributed by atoms with Crippen LogP contribution < -0.4 is 0 Å². The molecule has 0 unspecified atom stereocenters. The van der Waals surface area contributed by atoms with Gasteiger partial charge in [0.05, 0.1) is 0 Å². The van der Waals surface area contributed by atoms with Crippen molar-refractivity contribution in [1.82, 2.24) is 14.3 Å². The van der Waals surface area contributed by atoms with Crippen molar-refractivity contribution in [2.24, 2.45) is 0 Å². The summed E-state index contributed by atoms with van der Waals surface area (Å²) in [4.78, 5) is 19.7. The molecule has 0 aliphatic rings. The summed E-state index contributed by atoms with van der Waals surface area (Å²) in [6.45, 7) is 6.97. The van der Waals surface area contributed by atoms with Crippen LogP contribution >= 0.6 is 0 Å². The molecule has 2 aromatic heterocycles. The van der Waals surface area contributed by atoms with Crippen molar-refractivity contribution in [3.63, 3.8) is 0 Å². The van der Waals surface area contributed by atoms with Crippen LogP contribution in [-0.2, 0) is 0 Å². The molecule has 0 saturated carbocycles. The Kier molecular flexibility index (Phi) is 4.88. The third-order valence-corrected chi connectivity index (χ3v) is 4.49. The van der Waals surface area contributed by atoms with E-state index in [9.17, 15) is 4.79 Å². The summed E-state index contributed by atoms with van der Waals surface area (Å²) in [5.74, 6) is 0.0159. The smallest absolute Gasteiger partial charge is 0.272 e. The van der Waals surface area contributed by atoms with E-state index in [0.29, 0.717) is 5.69 Å². The molecule has 25 heavy (non-hydrogen) atoms. The van der Waals surface area contributed by atoms with Crippen LogP contribution in [0.25, 0.3) is 16.9 Å². The Morgan fingerprint density at radius 1 is 1.08 bits per heavy atom. The Balaban J connectivity index is 2.16. The summed E-state index contributed by atoms with van der Waals surface area (Å²) in [7, 11) is 1.87. The first-order valence-corrected chi connectivity index (χ1v) is 8.82. The number of fused-ring (bicyclic) bond motifs is 1. The Labute approximate surface area is 149 Å². The highest BCUT2D eigenvalue weighted by Crippen LogP contribution is 2.26. The zero-order valence-corrected chi connectivity index (χ0v) is 15.4. The quantitative estimate of drug-likeness (QED) is 0.689. The molecule has 130 valence electrons. The van der Waals surface area contributed by atoms with Crippen LogP contribution in [0.15, 0.2) is 42.6 Å². The van der Waals surface area contributed by atoms with Gasteiger partial charge in [-0.05, 0) is 31.9 Å². The summed E-state index contributed by atoms with van der Waals surface area (Å²) < 4.78 is 1.93. The van der Waals surface area contributed by atoms with Gasteiger partial charge in [0.15, 0.2) is 0 Å². The fraction of sp³-hybridized carbons (Fsp3) is 0.333. The third kappa shape index (κ3) is 3.43. The van der Waals surface area contributed by atoms with Crippen molar-refractivity contribution < 1.29 is 4.79 Å². The molecule has 0 spiro atoms. The molecule has 0 bridgehead atoms. The standard InChI is InChI=1S/C21H25N3O/c1-5-6-13-23(4)21(25)20-19(17-10-7-15(2)8-11-17)22-18-12-9-16(3)14-24(18)20/h7-12,14H,5-6,13H2,1-4H3. The maximum atomic E-state index is 13.2. The zero-order chi connectivity index (χ0) is 18.0. The number of hydrogen-bond acceptors (Lipinski definition) is 2. The van der Waals surface area contributed by atoms with Gasteiger partial charge < -0.3 is 4.90 Å². The van der Waals surface area contributed by atoms with Gasteiger partial charge in [0.25, 0.3) is 5.91 Å². The number of unbranched alkanes of at least 4 members (excludes halogenated alkanes) is 1. The number of nitrogens with zero attached hydrogens (tertiary/aromatic N) is 3. The second-order valence-corrected chi connectivity index (χ2v) is 6.69. The number of hydrogen-bond donors (Lipinski definition) is 0. The number of aryl methyl sites for hydroxylation is 2. The number of amides is 1. The molecule has 3 aromatic rings. The minimum absolute atomic E-state index is 0.0159. The summed E-state index contributed by atoms with van der Waals surface area (Å²) >= 11 is 0. The number of imidazole rings is 1. The summed E-state index contributed by atoms with van der Waals surface area (Å²) in [6, 6.07) is 12.2. The van der Waals surface area contributed by atoms with Crippen LogP contribution in [0.1, 0.15) is 41.4 Å². The maximum absolute atomic E-state index is 13.2. The Morgan fingerprint density at radius 2 is 1.76 bits per heavy atom. The maximum Gasteiger partial charge on any atom is 0.272 e. The monoisotopic (exact) mass is 335 g/mol. The molecule has 0 fully saturated rings. The van der Waals surface area contributed by atoms with Gasteiger partial charge in [-0.2, -0.15) is 0 Å². The second-order valence-electron chi connectivity index (χ2n) is 6.69. The highest BCUT2D eigenvalue weighted by atomic mass is 16.2. The molecule has 1 amide bonds. The number of rotatable bonds is 5. The normalized spacial score (nSPS) is 11.0. The largest absolute Gasteiger partial charge is 0.340 e. The second kappa shape index (κ2) is 7.09. The van der Waals surface area contributed by atoms with Gasteiger partial charge in [-0.15, -0.1) is 0 Å². The van der Waals surface area contributed by atoms with Crippen molar-refractivity contribution in [2.45, 2.75) is 33.6 Å². The van der Waals surface area contributed by atoms with E-state index in [1.165, 1.54) is 5.56 Å². The molecule has 4 heteroatoms. The first kappa shape index (κ1) is 17.2. The molecule has 1 aromatic carbocycles. The van der Waals surface area contributed by atoms with Gasteiger partial charge in [0.1, 0.15) is 17.0 Å². The number of pyridine rings is 1. The van der Waals surface area contributed by atoms with Crippen molar-refractivity contribution >= 4 is 11.6 Å². The van der Waals surface area contributed by atoms with E-state index in [0.717, 1.165) is 41.9 Å². The molecule has 2 heterocycles. The average molecular weight is 335 g/mol. The lowest BCUT2D eigenvalue weighted by molar-refractivity contribution is 0.0787. The van der Waals surface area contributed by atoms with Crippen molar-refractivity contribution in [1.29, 1.82) is 0 Å². The first-order chi connectivity index (χ1) is 12.0. The molecular weight excluding hydrogens is 310 g/mol. The Hall–Kier alpha value is -2.62. The van der Waals surface area contributed by atoms with Crippen molar-refractivity contribution in [3.05, 3.63) is 59.4 Å². The van der Waals surface area contributed by atoms with Crippen molar-refractivity contribution in [2.75, 3.05) is 13.6 Å². The molecule has 0 radical (unpaired) electrons. The zero-order valence-electron chi connectivity index (χ0n) is 15.4. The van der Waals surface area contributed by atoms with Crippen LogP contribution in [0.4, 0.5) is 0 Å². The number of aromatic nitrogens is 2. The lowest BCUT2D eigenvalue weighted by Crippen LogP contribution is -2.29. The minimum Gasteiger partial charge on any atom is -0.340 e. The summed E-state index contributed by atoms with van der Waals surface area (Å²) in [5.41, 5.74) is 5.45. The lowest BCUT2D eigenvalue weighted by Gasteiger charge is -2.17. The van der Waals surface area contributed by atoms with Gasteiger partial charge in [-0.3, -0.25) is 9.20 Å². The van der Waals surface area contributed by atoms with Gasteiger partial charge in [-0.1, -0.05) is 49.2 Å². The van der Waals surface area contributed by atoms with E-state index in [2.05, 4.69) is 26.0 Å². The minimum atomic E-state index is 0.0159.